The summed E-state index contributed by atoms with van der Waals surface area (Å²) in [6.45, 7) is 3.28. The molecule has 0 radical (unpaired) electrons. The Kier molecular flexibility index (Phi) is 5.05. The maximum absolute atomic E-state index is 12.4. The Labute approximate surface area is 158 Å². The van der Waals surface area contributed by atoms with Gasteiger partial charge in [0, 0.05) is 10.4 Å². The third kappa shape index (κ3) is 3.73. The summed E-state index contributed by atoms with van der Waals surface area (Å²) in [7, 11) is 0. The lowest BCUT2D eigenvalue weighted by Gasteiger charge is -2.07. The molecule has 0 atom stereocenters. The summed E-state index contributed by atoms with van der Waals surface area (Å²) in [6, 6.07) is 8.76. The highest BCUT2D eigenvalue weighted by molar-refractivity contribution is 7.18. The summed E-state index contributed by atoms with van der Waals surface area (Å²) < 4.78 is 5.25. The first-order valence-electron chi connectivity index (χ1n) is 7.96. The van der Waals surface area contributed by atoms with E-state index in [-0.39, 0.29) is 17.0 Å². The molecule has 1 aromatic carbocycles. The van der Waals surface area contributed by atoms with Crippen LogP contribution in [0.3, 0.4) is 0 Å². The fourth-order valence-corrected chi connectivity index (χ4v) is 3.59. The highest BCUT2D eigenvalue weighted by Crippen LogP contribution is 2.28. The number of rotatable bonds is 5. The van der Waals surface area contributed by atoms with Crippen LogP contribution in [0.4, 0.5) is 0 Å². The van der Waals surface area contributed by atoms with Gasteiger partial charge in [-0.15, -0.1) is 11.3 Å². The van der Waals surface area contributed by atoms with E-state index >= 15 is 0 Å². The minimum atomic E-state index is -1.10. The van der Waals surface area contributed by atoms with Crippen molar-refractivity contribution in [1.29, 1.82) is 5.26 Å². The number of hydrogen-bond donors (Lipinski definition) is 2. The minimum absolute atomic E-state index is 0.143. The monoisotopic (exact) mass is 381 g/mol. The molecule has 0 bridgehead atoms. The smallest absolute Gasteiger partial charge is 0.341 e. The van der Waals surface area contributed by atoms with Gasteiger partial charge in [-0.05, 0) is 31.6 Å². The topological polar surface area (TPSA) is 116 Å². The van der Waals surface area contributed by atoms with Gasteiger partial charge in [-0.25, -0.2) is 9.78 Å². The summed E-state index contributed by atoms with van der Waals surface area (Å²) in [5, 5.41) is 18.9. The van der Waals surface area contributed by atoms with Crippen LogP contribution in [0.25, 0.3) is 21.9 Å². The normalized spacial score (nSPS) is 11.4. The lowest BCUT2D eigenvalue weighted by molar-refractivity contribution is -0.139. The summed E-state index contributed by atoms with van der Waals surface area (Å²) >= 11 is 1.40. The predicted octanol–water partition coefficient (Wildman–Crippen LogP) is 3.13. The Morgan fingerprint density at radius 1 is 1.41 bits per heavy atom. The van der Waals surface area contributed by atoms with Gasteiger partial charge in [0.2, 0.25) is 0 Å². The number of benzene rings is 1. The van der Waals surface area contributed by atoms with Gasteiger partial charge in [0.05, 0.1) is 11.0 Å². The standard InChI is InChI=1S/C19H15N3O4S/c1-10-11(2)27-19-16(10)18(25)21-17(22-19)13(8-20)7-12-5-3-4-6-14(12)26-9-15(23)24/h3-7H,9H2,1-2H3,(H,23,24)(H,21,22,25)/b13-7+. The Bertz CT molecular complexity index is 1170. The zero-order valence-electron chi connectivity index (χ0n) is 14.6. The predicted molar refractivity (Wildman–Crippen MR) is 103 cm³/mol. The van der Waals surface area contributed by atoms with Crippen molar-refractivity contribution in [2.24, 2.45) is 0 Å². The van der Waals surface area contributed by atoms with Gasteiger partial charge in [-0.2, -0.15) is 5.26 Å². The second-order valence-corrected chi connectivity index (χ2v) is 6.97. The number of carboxylic acid groups (broad SMARTS) is 1. The van der Waals surface area contributed by atoms with E-state index in [1.807, 2.05) is 19.9 Å². The van der Waals surface area contributed by atoms with E-state index in [1.165, 1.54) is 17.4 Å². The fourth-order valence-electron chi connectivity index (χ4n) is 2.56. The first kappa shape index (κ1) is 18.4. The molecule has 8 heteroatoms. The van der Waals surface area contributed by atoms with Crippen molar-refractivity contribution in [1.82, 2.24) is 9.97 Å². The summed E-state index contributed by atoms with van der Waals surface area (Å²) in [4.78, 5) is 31.8. The molecule has 0 saturated carbocycles. The first-order valence-corrected chi connectivity index (χ1v) is 8.78. The average molecular weight is 381 g/mol. The number of hydrogen-bond acceptors (Lipinski definition) is 6. The highest BCUT2D eigenvalue weighted by atomic mass is 32.1. The Hall–Kier alpha value is -3.44. The third-order valence-electron chi connectivity index (χ3n) is 3.98. The quantitative estimate of drug-likeness (QED) is 0.656. The largest absolute Gasteiger partial charge is 0.481 e. The Morgan fingerprint density at radius 3 is 2.85 bits per heavy atom. The molecule has 0 aliphatic carbocycles. The number of aromatic nitrogens is 2. The molecule has 7 nitrogen and oxygen atoms in total. The van der Waals surface area contributed by atoms with E-state index < -0.39 is 12.6 Å². The van der Waals surface area contributed by atoms with Gasteiger partial charge < -0.3 is 14.8 Å². The number of para-hydroxylation sites is 1. The number of aryl methyl sites for hydroxylation is 2. The molecular weight excluding hydrogens is 366 g/mol. The molecule has 2 heterocycles. The maximum atomic E-state index is 12.4. The highest BCUT2D eigenvalue weighted by Gasteiger charge is 2.14. The van der Waals surface area contributed by atoms with Crippen molar-refractivity contribution in [2.75, 3.05) is 6.61 Å². The number of ether oxygens (including phenoxy) is 1. The first-order chi connectivity index (χ1) is 12.9. The summed E-state index contributed by atoms with van der Waals surface area (Å²) in [6.07, 6.45) is 1.51. The number of fused-ring (bicyclic) bond motifs is 1. The van der Waals surface area contributed by atoms with E-state index in [0.29, 0.717) is 21.5 Å². The van der Waals surface area contributed by atoms with Crippen LogP contribution in [0, 0.1) is 25.2 Å². The van der Waals surface area contributed by atoms with Gasteiger partial charge in [0.25, 0.3) is 5.56 Å². The number of nitriles is 1. The van der Waals surface area contributed by atoms with Crippen molar-refractivity contribution in [3.05, 3.63) is 56.4 Å². The zero-order chi connectivity index (χ0) is 19.6. The van der Waals surface area contributed by atoms with Gasteiger partial charge in [0.1, 0.15) is 16.6 Å². The van der Waals surface area contributed by atoms with E-state index in [0.717, 1.165) is 10.4 Å². The molecule has 3 rings (SSSR count). The number of nitrogens with one attached hydrogen (secondary N) is 1. The van der Waals surface area contributed by atoms with Crippen LogP contribution in [0.15, 0.2) is 29.1 Å². The lowest BCUT2D eigenvalue weighted by Crippen LogP contribution is -2.11. The molecule has 0 spiro atoms. The van der Waals surface area contributed by atoms with Gasteiger partial charge in [-0.3, -0.25) is 4.79 Å². The van der Waals surface area contributed by atoms with Crippen LogP contribution >= 0.6 is 11.3 Å². The number of carbonyl (C=O) groups is 1. The van der Waals surface area contributed by atoms with Crippen molar-refractivity contribution >= 4 is 39.2 Å². The van der Waals surface area contributed by atoms with E-state index in [9.17, 15) is 14.9 Å². The molecule has 2 N–H and O–H groups in total. The number of aromatic amines is 1. The fraction of sp³-hybridized carbons (Fsp3) is 0.158. The Morgan fingerprint density at radius 2 is 2.15 bits per heavy atom. The number of thiophene rings is 1. The number of carboxylic acids is 1. The number of aliphatic carboxylic acids is 1. The van der Waals surface area contributed by atoms with E-state index in [2.05, 4.69) is 9.97 Å². The van der Waals surface area contributed by atoms with Crippen LogP contribution < -0.4 is 10.3 Å². The average Bonchev–Trinajstić information content (AvgIpc) is 2.93. The van der Waals surface area contributed by atoms with Crippen LogP contribution in [0.1, 0.15) is 21.8 Å². The molecular formula is C19H15N3O4S. The van der Waals surface area contributed by atoms with Gasteiger partial charge in [0.15, 0.2) is 12.4 Å². The molecule has 0 saturated heterocycles. The summed E-state index contributed by atoms with van der Waals surface area (Å²) in [5.74, 6) is -0.627. The van der Waals surface area contributed by atoms with Crippen LogP contribution in [-0.4, -0.2) is 27.7 Å². The van der Waals surface area contributed by atoms with Crippen molar-refractivity contribution in [2.45, 2.75) is 13.8 Å². The maximum Gasteiger partial charge on any atom is 0.341 e. The number of allylic oxidation sites excluding steroid dienone is 1. The molecule has 2 aromatic heterocycles. The molecule has 0 amide bonds. The third-order valence-corrected chi connectivity index (χ3v) is 5.09. The second kappa shape index (κ2) is 7.43. The summed E-state index contributed by atoms with van der Waals surface area (Å²) in [5.41, 5.74) is 1.24. The van der Waals surface area contributed by atoms with E-state index in [4.69, 9.17) is 9.84 Å². The molecule has 0 fully saturated rings. The molecule has 27 heavy (non-hydrogen) atoms. The molecule has 3 aromatic rings. The minimum Gasteiger partial charge on any atom is -0.481 e. The number of nitrogens with zero attached hydrogens (tertiary/aromatic N) is 2. The van der Waals surface area contributed by atoms with Gasteiger partial charge >= 0.3 is 5.97 Å². The van der Waals surface area contributed by atoms with Crippen LogP contribution in [-0.2, 0) is 4.79 Å². The van der Waals surface area contributed by atoms with Crippen molar-refractivity contribution in [3.63, 3.8) is 0 Å². The Balaban J connectivity index is 2.09. The SMILES string of the molecule is Cc1sc2nc(/C(C#N)=C/c3ccccc3OCC(=O)O)[nH]c(=O)c2c1C. The second-order valence-electron chi connectivity index (χ2n) is 5.77. The van der Waals surface area contributed by atoms with Crippen molar-refractivity contribution in [3.8, 4) is 11.8 Å². The lowest BCUT2D eigenvalue weighted by atomic mass is 10.1. The van der Waals surface area contributed by atoms with Gasteiger partial charge in [-0.1, -0.05) is 18.2 Å². The molecule has 136 valence electrons. The van der Waals surface area contributed by atoms with E-state index in [1.54, 1.807) is 24.3 Å². The number of H-pyrrole nitrogens is 1. The molecule has 0 aliphatic rings. The zero-order valence-corrected chi connectivity index (χ0v) is 15.4. The van der Waals surface area contributed by atoms with Crippen molar-refractivity contribution < 1.29 is 14.6 Å². The molecule has 0 aliphatic heterocycles. The van der Waals surface area contributed by atoms with Crippen LogP contribution in [0.2, 0.25) is 0 Å². The van der Waals surface area contributed by atoms with Crippen LogP contribution in [0.5, 0.6) is 5.75 Å². The molecule has 0 unspecified atom stereocenters.